The van der Waals surface area contributed by atoms with Gasteiger partial charge < -0.3 is 5.32 Å². The molecule has 174 valence electrons. The summed E-state index contributed by atoms with van der Waals surface area (Å²) in [5, 5.41) is 2.99. The fourth-order valence-electron chi connectivity index (χ4n) is 3.62. The van der Waals surface area contributed by atoms with Gasteiger partial charge >= 0.3 is 0 Å². The highest BCUT2D eigenvalue weighted by Crippen LogP contribution is 2.24. The van der Waals surface area contributed by atoms with Gasteiger partial charge in [-0.3, -0.25) is 4.79 Å². The molecule has 7 heteroatoms. The van der Waals surface area contributed by atoms with Gasteiger partial charge in [0.05, 0.1) is 11.4 Å². The van der Waals surface area contributed by atoms with E-state index in [1.165, 1.54) is 4.31 Å². The molecule has 1 N–H and O–H groups in total. The number of para-hydroxylation sites is 1. The van der Waals surface area contributed by atoms with E-state index in [1.54, 1.807) is 24.3 Å². The summed E-state index contributed by atoms with van der Waals surface area (Å²) >= 11 is 3.40. The van der Waals surface area contributed by atoms with Gasteiger partial charge in [-0.15, -0.1) is 0 Å². The smallest absolute Gasteiger partial charge is 0.243 e. The molecule has 0 unspecified atom stereocenters. The van der Waals surface area contributed by atoms with Crippen LogP contribution in [0.3, 0.4) is 0 Å². The highest BCUT2D eigenvalue weighted by Gasteiger charge is 2.27. The van der Waals surface area contributed by atoms with Crippen LogP contribution in [-0.4, -0.2) is 25.2 Å². The first-order valence-corrected chi connectivity index (χ1v) is 13.2. The number of nitrogens with zero attached hydrogens (tertiary/aromatic N) is 1. The van der Waals surface area contributed by atoms with Gasteiger partial charge in [0.1, 0.15) is 0 Å². The molecule has 0 aliphatic carbocycles. The summed E-state index contributed by atoms with van der Waals surface area (Å²) < 4.78 is 29.1. The van der Waals surface area contributed by atoms with E-state index in [1.807, 2.05) is 63.2 Å². The standard InChI is InChI=1S/C26H29BrN2O3S/c1-4-21-7-6-8-22(5-2)26(21)28-25(30)18-29(17-20-11-13-23(27)14-12-20)33(31,32)24-15-9-19(3)10-16-24/h6-16H,4-5,17-18H2,1-3H3,(H,28,30). The Morgan fingerprint density at radius 2 is 1.48 bits per heavy atom. The van der Waals surface area contributed by atoms with Crippen LogP contribution in [0.5, 0.6) is 0 Å². The minimum absolute atomic E-state index is 0.0902. The van der Waals surface area contributed by atoms with Crippen LogP contribution in [0.25, 0.3) is 0 Å². The molecule has 0 spiro atoms. The van der Waals surface area contributed by atoms with E-state index in [0.29, 0.717) is 0 Å². The topological polar surface area (TPSA) is 66.5 Å². The number of carbonyl (C=O) groups is 1. The van der Waals surface area contributed by atoms with Crippen LogP contribution in [0.1, 0.15) is 36.1 Å². The molecule has 0 heterocycles. The van der Waals surface area contributed by atoms with Crippen molar-refractivity contribution in [1.29, 1.82) is 0 Å². The van der Waals surface area contributed by atoms with E-state index < -0.39 is 10.0 Å². The van der Waals surface area contributed by atoms with Crippen LogP contribution in [0, 0.1) is 6.92 Å². The van der Waals surface area contributed by atoms with Crippen LogP contribution in [0.4, 0.5) is 5.69 Å². The predicted octanol–water partition coefficient (Wildman–Crippen LogP) is 5.71. The number of anilines is 1. The van der Waals surface area contributed by atoms with E-state index in [-0.39, 0.29) is 23.9 Å². The Balaban J connectivity index is 1.92. The lowest BCUT2D eigenvalue weighted by Crippen LogP contribution is -2.37. The molecular formula is C26H29BrN2O3S. The number of sulfonamides is 1. The van der Waals surface area contributed by atoms with E-state index in [0.717, 1.165) is 45.3 Å². The van der Waals surface area contributed by atoms with Crippen LogP contribution in [0.2, 0.25) is 0 Å². The zero-order valence-electron chi connectivity index (χ0n) is 19.1. The summed E-state index contributed by atoms with van der Waals surface area (Å²) in [5.41, 5.74) is 4.61. The molecule has 0 radical (unpaired) electrons. The summed E-state index contributed by atoms with van der Waals surface area (Å²) in [7, 11) is -3.88. The number of aryl methyl sites for hydroxylation is 3. The molecule has 33 heavy (non-hydrogen) atoms. The summed E-state index contributed by atoms with van der Waals surface area (Å²) in [6.07, 6.45) is 1.54. The number of carbonyl (C=O) groups excluding carboxylic acids is 1. The number of benzene rings is 3. The van der Waals surface area contributed by atoms with E-state index >= 15 is 0 Å². The molecule has 0 aliphatic rings. The molecule has 0 saturated heterocycles. The largest absolute Gasteiger partial charge is 0.324 e. The van der Waals surface area contributed by atoms with Crippen LogP contribution in [-0.2, 0) is 34.2 Å². The average molecular weight is 530 g/mol. The maximum Gasteiger partial charge on any atom is 0.243 e. The zero-order valence-corrected chi connectivity index (χ0v) is 21.5. The molecule has 0 aliphatic heterocycles. The van der Waals surface area contributed by atoms with Crippen molar-refractivity contribution in [3.05, 3.63) is 93.5 Å². The van der Waals surface area contributed by atoms with Crippen LogP contribution < -0.4 is 5.32 Å². The first-order chi connectivity index (χ1) is 15.7. The van der Waals surface area contributed by atoms with Crippen molar-refractivity contribution < 1.29 is 13.2 Å². The number of hydrogen-bond donors (Lipinski definition) is 1. The fraction of sp³-hybridized carbons (Fsp3) is 0.269. The molecule has 0 aromatic heterocycles. The minimum Gasteiger partial charge on any atom is -0.324 e. The van der Waals surface area contributed by atoms with Crippen molar-refractivity contribution in [2.75, 3.05) is 11.9 Å². The molecule has 0 fully saturated rings. The molecule has 5 nitrogen and oxygen atoms in total. The molecule has 0 saturated carbocycles. The molecule has 3 rings (SSSR count). The second-order valence-electron chi connectivity index (χ2n) is 7.92. The normalized spacial score (nSPS) is 11.5. The Hall–Kier alpha value is -2.48. The van der Waals surface area contributed by atoms with E-state index in [9.17, 15) is 13.2 Å². The van der Waals surface area contributed by atoms with Gasteiger partial charge in [0.25, 0.3) is 0 Å². The maximum absolute atomic E-state index is 13.5. The van der Waals surface area contributed by atoms with Crippen molar-refractivity contribution in [3.8, 4) is 0 Å². The molecule has 3 aromatic rings. The van der Waals surface area contributed by atoms with Gasteiger partial charge in [-0.05, 0) is 60.7 Å². The molecule has 0 atom stereocenters. The highest BCUT2D eigenvalue weighted by molar-refractivity contribution is 9.10. The van der Waals surface area contributed by atoms with E-state index in [2.05, 4.69) is 21.2 Å². The summed E-state index contributed by atoms with van der Waals surface area (Å²) in [6, 6.07) is 20.0. The summed E-state index contributed by atoms with van der Waals surface area (Å²) in [5.74, 6) is -0.363. The third-order valence-electron chi connectivity index (χ3n) is 5.51. The van der Waals surface area contributed by atoms with Crippen molar-refractivity contribution >= 4 is 37.5 Å². The van der Waals surface area contributed by atoms with E-state index in [4.69, 9.17) is 0 Å². The van der Waals surface area contributed by atoms with Crippen molar-refractivity contribution in [3.63, 3.8) is 0 Å². The Bertz CT molecular complexity index is 1190. The first-order valence-electron chi connectivity index (χ1n) is 11.0. The Morgan fingerprint density at radius 1 is 0.909 bits per heavy atom. The Morgan fingerprint density at radius 3 is 2.03 bits per heavy atom. The lowest BCUT2D eigenvalue weighted by atomic mass is 10.0. The molecule has 1 amide bonds. The van der Waals surface area contributed by atoms with Crippen LogP contribution in [0.15, 0.2) is 76.1 Å². The number of amides is 1. The fourth-order valence-corrected chi connectivity index (χ4v) is 5.27. The number of halogens is 1. The van der Waals surface area contributed by atoms with Gasteiger partial charge in [0.2, 0.25) is 15.9 Å². The average Bonchev–Trinajstić information content (AvgIpc) is 2.80. The lowest BCUT2D eigenvalue weighted by Gasteiger charge is -2.23. The van der Waals surface area contributed by atoms with Gasteiger partial charge in [-0.1, -0.05) is 77.8 Å². The quantitative estimate of drug-likeness (QED) is 0.386. The summed E-state index contributed by atoms with van der Waals surface area (Å²) in [6.45, 7) is 5.78. The third kappa shape index (κ3) is 6.31. The Labute approximate surface area is 205 Å². The first kappa shape index (κ1) is 25.1. The monoisotopic (exact) mass is 528 g/mol. The van der Waals surface area contributed by atoms with Gasteiger partial charge in [-0.2, -0.15) is 4.31 Å². The number of hydrogen-bond acceptors (Lipinski definition) is 3. The number of nitrogens with one attached hydrogen (secondary N) is 1. The van der Waals surface area contributed by atoms with Crippen molar-refractivity contribution in [2.24, 2.45) is 0 Å². The molecular weight excluding hydrogens is 500 g/mol. The SMILES string of the molecule is CCc1cccc(CC)c1NC(=O)CN(Cc1ccc(Br)cc1)S(=O)(=O)c1ccc(C)cc1. The van der Waals surface area contributed by atoms with Gasteiger partial charge in [-0.25, -0.2) is 8.42 Å². The van der Waals surface area contributed by atoms with Gasteiger partial charge in [0, 0.05) is 16.7 Å². The zero-order chi connectivity index (χ0) is 24.0. The third-order valence-corrected chi connectivity index (χ3v) is 7.85. The Kier molecular flexibility index (Phi) is 8.46. The molecule has 3 aromatic carbocycles. The second-order valence-corrected chi connectivity index (χ2v) is 10.8. The maximum atomic E-state index is 13.5. The lowest BCUT2D eigenvalue weighted by molar-refractivity contribution is -0.116. The predicted molar refractivity (Wildman–Crippen MR) is 137 cm³/mol. The van der Waals surface area contributed by atoms with Crippen molar-refractivity contribution in [1.82, 2.24) is 4.31 Å². The molecule has 0 bridgehead atoms. The van der Waals surface area contributed by atoms with Crippen LogP contribution >= 0.6 is 15.9 Å². The number of rotatable bonds is 9. The summed E-state index contributed by atoms with van der Waals surface area (Å²) in [4.78, 5) is 13.3. The van der Waals surface area contributed by atoms with Crippen molar-refractivity contribution in [2.45, 2.75) is 45.1 Å². The highest BCUT2D eigenvalue weighted by atomic mass is 79.9. The van der Waals surface area contributed by atoms with Gasteiger partial charge in [0.15, 0.2) is 0 Å². The minimum atomic E-state index is -3.88. The second kappa shape index (κ2) is 11.1.